The number of carboxylic acid groups (broad SMARTS) is 1. The maximum absolute atomic E-state index is 11.6. The van der Waals surface area contributed by atoms with Crippen molar-refractivity contribution in [1.82, 2.24) is 0 Å². The van der Waals surface area contributed by atoms with Gasteiger partial charge in [-0.25, -0.2) is 0 Å². The molecular weight excluding hydrogens is 236 g/mol. The number of benzene rings is 1. The normalized spacial score (nSPS) is 36.4. The first-order valence-corrected chi connectivity index (χ1v) is 5.56. The SMILES string of the molecule is [2H]C1([2H])C2=C(Cc3ccc(Cl)cc32)C(C(=O)O)C([2H])([2H])C1([2H])[2H]. The van der Waals surface area contributed by atoms with Gasteiger partial charge in [0.2, 0.25) is 0 Å². The fourth-order valence-corrected chi connectivity index (χ4v) is 2.44. The molecule has 2 nitrogen and oxygen atoms in total. The molecule has 2 aliphatic rings. The summed E-state index contributed by atoms with van der Waals surface area (Å²) < 4.78 is 48.3. The van der Waals surface area contributed by atoms with Crippen LogP contribution < -0.4 is 0 Å². The molecule has 2 aliphatic carbocycles. The Hall–Kier alpha value is -1.28. The van der Waals surface area contributed by atoms with E-state index in [9.17, 15) is 9.90 Å². The molecule has 1 N–H and O–H groups in total. The zero-order chi connectivity index (χ0) is 17.4. The van der Waals surface area contributed by atoms with Gasteiger partial charge in [0.1, 0.15) is 0 Å². The van der Waals surface area contributed by atoms with Crippen molar-refractivity contribution in [2.45, 2.75) is 25.5 Å². The Labute approximate surface area is 113 Å². The highest BCUT2D eigenvalue weighted by Gasteiger charge is 2.33. The van der Waals surface area contributed by atoms with E-state index in [0.29, 0.717) is 16.1 Å². The van der Waals surface area contributed by atoms with E-state index in [1.165, 1.54) is 6.07 Å². The summed E-state index contributed by atoms with van der Waals surface area (Å²) in [7, 11) is 0. The van der Waals surface area contributed by atoms with Gasteiger partial charge in [-0.15, -0.1) is 0 Å². The Balaban J connectivity index is 2.36. The number of rotatable bonds is 1. The van der Waals surface area contributed by atoms with Crippen molar-refractivity contribution in [3.8, 4) is 0 Å². The second-order valence-corrected chi connectivity index (χ2v) is 4.48. The molecule has 1 atom stereocenters. The van der Waals surface area contributed by atoms with E-state index in [1.54, 1.807) is 12.1 Å². The van der Waals surface area contributed by atoms with Gasteiger partial charge < -0.3 is 5.11 Å². The molecule has 0 amide bonds. The van der Waals surface area contributed by atoms with E-state index >= 15 is 0 Å². The molecule has 1 unspecified atom stereocenters. The third kappa shape index (κ3) is 1.67. The lowest BCUT2D eigenvalue weighted by molar-refractivity contribution is -0.140. The van der Waals surface area contributed by atoms with Crippen LogP contribution in [-0.2, 0) is 11.2 Å². The van der Waals surface area contributed by atoms with Crippen LogP contribution in [0.15, 0.2) is 23.8 Å². The summed E-state index contributed by atoms with van der Waals surface area (Å²) in [6.07, 6.45) is -8.49. The molecule has 0 radical (unpaired) electrons. The van der Waals surface area contributed by atoms with Gasteiger partial charge in [0.15, 0.2) is 0 Å². The van der Waals surface area contributed by atoms with Crippen LogP contribution in [0.4, 0.5) is 0 Å². The van der Waals surface area contributed by atoms with Crippen LogP contribution >= 0.6 is 11.6 Å². The Morgan fingerprint density at radius 2 is 2.35 bits per heavy atom. The number of halogens is 1. The molecule has 0 aliphatic heterocycles. The lowest BCUT2D eigenvalue weighted by Gasteiger charge is -2.21. The van der Waals surface area contributed by atoms with E-state index in [0.717, 1.165) is 0 Å². The number of carbonyl (C=O) groups is 1. The van der Waals surface area contributed by atoms with Gasteiger partial charge in [-0.2, -0.15) is 0 Å². The van der Waals surface area contributed by atoms with Crippen LogP contribution in [0.25, 0.3) is 5.57 Å². The van der Waals surface area contributed by atoms with E-state index in [-0.39, 0.29) is 17.6 Å². The third-order valence-electron chi connectivity index (χ3n) is 3.04. The Morgan fingerprint density at radius 3 is 3.12 bits per heavy atom. The number of aliphatic carboxylic acids is 1. The standard InChI is InChI=1S/C14H13ClO2/c15-9-5-4-8-6-13-10(12(8)7-9)2-1-3-11(13)14(16)17/h4-5,7,11H,1-3,6H2,(H,16,17)/i1D2,2D2,3D2. The summed E-state index contributed by atoms with van der Waals surface area (Å²) in [5.74, 6) is -3.25. The van der Waals surface area contributed by atoms with Crippen molar-refractivity contribution in [1.29, 1.82) is 0 Å². The number of hydrogen-bond acceptors (Lipinski definition) is 1. The molecule has 0 saturated heterocycles. The average molecular weight is 255 g/mol. The molecule has 3 rings (SSSR count). The van der Waals surface area contributed by atoms with E-state index in [2.05, 4.69) is 0 Å². The number of carboxylic acids is 1. The first-order chi connectivity index (χ1) is 10.4. The maximum Gasteiger partial charge on any atom is 0.310 e. The maximum atomic E-state index is 11.6. The monoisotopic (exact) mass is 254 g/mol. The van der Waals surface area contributed by atoms with Crippen LogP contribution in [-0.4, -0.2) is 11.1 Å². The molecule has 3 heteroatoms. The highest BCUT2D eigenvalue weighted by atomic mass is 35.5. The zero-order valence-corrected chi connectivity index (χ0v) is 9.51. The van der Waals surface area contributed by atoms with Gasteiger partial charge in [-0.1, -0.05) is 17.7 Å². The molecule has 0 saturated carbocycles. The topological polar surface area (TPSA) is 37.3 Å². The predicted octanol–water partition coefficient (Wildman–Crippen LogP) is 3.53. The fourth-order valence-electron chi connectivity index (χ4n) is 2.26. The zero-order valence-electron chi connectivity index (χ0n) is 14.7. The highest BCUT2D eigenvalue weighted by molar-refractivity contribution is 6.30. The van der Waals surface area contributed by atoms with Gasteiger partial charge >= 0.3 is 5.97 Å². The first kappa shape index (κ1) is 6.05. The molecule has 0 fully saturated rings. The number of allylic oxidation sites excluding steroid dienone is 1. The predicted molar refractivity (Wildman–Crippen MR) is 67.1 cm³/mol. The van der Waals surface area contributed by atoms with Crippen LogP contribution in [0.1, 0.15) is 38.5 Å². The molecule has 1 aromatic carbocycles. The largest absolute Gasteiger partial charge is 0.481 e. The minimum absolute atomic E-state index is 0.0773. The molecule has 1 aromatic rings. The first-order valence-electron chi connectivity index (χ1n) is 8.18. The second-order valence-electron chi connectivity index (χ2n) is 4.04. The van der Waals surface area contributed by atoms with Crippen molar-refractivity contribution in [3.63, 3.8) is 0 Å². The lowest BCUT2D eigenvalue weighted by atomic mass is 9.83. The van der Waals surface area contributed by atoms with Crippen LogP contribution in [0.2, 0.25) is 5.02 Å². The van der Waals surface area contributed by atoms with Crippen LogP contribution in [0.5, 0.6) is 0 Å². The highest BCUT2D eigenvalue weighted by Crippen LogP contribution is 2.44. The van der Waals surface area contributed by atoms with Crippen LogP contribution in [0, 0.1) is 5.92 Å². The van der Waals surface area contributed by atoms with Gasteiger partial charge in [0.25, 0.3) is 0 Å². The quantitative estimate of drug-likeness (QED) is 0.832. The summed E-state index contributed by atoms with van der Waals surface area (Å²) in [4.78, 5) is 11.6. The molecule has 0 aromatic heterocycles. The van der Waals surface area contributed by atoms with Crippen molar-refractivity contribution in [2.24, 2.45) is 5.92 Å². The van der Waals surface area contributed by atoms with Crippen molar-refractivity contribution >= 4 is 23.1 Å². The van der Waals surface area contributed by atoms with E-state index in [1.807, 2.05) is 0 Å². The molecule has 0 heterocycles. The summed E-state index contributed by atoms with van der Waals surface area (Å²) >= 11 is 5.94. The van der Waals surface area contributed by atoms with E-state index < -0.39 is 31.0 Å². The molecule has 0 bridgehead atoms. The Kier molecular flexibility index (Phi) is 1.38. The molecule has 17 heavy (non-hydrogen) atoms. The summed E-state index contributed by atoms with van der Waals surface area (Å²) in [6.45, 7) is 0. The van der Waals surface area contributed by atoms with Gasteiger partial charge in [-0.3, -0.25) is 4.79 Å². The number of hydrogen-bond donors (Lipinski definition) is 1. The third-order valence-corrected chi connectivity index (χ3v) is 3.28. The molecule has 88 valence electrons. The van der Waals surface area contributed by atoms with Gasteiger partial charge in [0.05, 0.1) is 5.92 Å². The average Bonchev–Trinajstić information content (AvgIpc) is 2.74. The van der Waals surface area contributed by atoms with Crippen LogP contribution in [0.3, 0.4) is 0 Å². The van der Waals surface area contributed by atoms with Crippen molar-refractivity contribution < 1.29 is 18.1 Å². The summed E-state index contributed by atoms with van der Waals surface area (Å²) in [5, 5.41) is 9.80. The Bertz CT molecular complexity index is 756. The van der Waals surface area contributed by atoms with Gasteiger partial charge in [0, 0.05) is 13.2 Å². The van der Waals surface area contributed by atoms with E-state index in [4.69, 9.17) is 19.8 Å². The van der Waals surface area contributed by atoms with Gasteiger partial charge in [-0.05, 0) is 59.9 Å². The minimum Gasteiger partial charge on any atom is -0.481 e. The van der Waals surface area contributed by atoms with Crippen molar-refractivity contribution in [2.75, 3.05) is 0 Å². The summed E-state index contributed by atoms with van der Waals surface area (Å²) in [6, 6.07) is 4.70. The smallest absolute Gasteiger partial charge is 0.310 e. The lowest BCUT2D eigenvalue weighted by Crippen LogP contribution is -2.19. The fraction of sp³-hybridized carbons (Fsp3) is 0.357. The second kappa shape index (κ2) is 3.88. The Morgan fingerprint density at radius 1 is 1.53 bits per heavy atom. The molecule has 0 spiro atoms. The minimum atomic E-state index is -3.01. The molecular formula is C14H13ClO2. The summed E-state index contributed by atoms with van der Waals surface area (Å²) in [5.41, 5.74) is 0.994. The number of fused-ring (bicyclic) bond motifs is 2. The van der Waals surface area contributed by atoms with Crippen molar-refractivity contribution in [3.05, 3.63) is 39.9 Å².